The normalized spacial score (nSPS) is 34.2. The Labute approximate surface area is 30.7 Å². The van der Waals surface area contributed by atoms with Crippen LogP contribution in [0.3, 0.4) is 0 Å². The minimum atomic E-state index is 0.639. The Morgan fingerprint density at radius 1 is 2.00 bits per heavy atom. The first-order valence-electron chi connectivity index (χ1n) is 1.62. The number of rotatable bonds is 1. The molecule has 3 nitrogen and oxygen atoms in total. The highest BCUT2D eigenvalue weighted by Gasteiger charge is 2.10. The van der Waals surface area contributed by atoms with E-state index >= 15 is 0 Å². The van der Waals surface area contributed by atoms with Gasteiger partial charge in [0.05, 0.1) is 13.3 Å². The molecule has 1 heterocycles. The fraction of sp³-hybridized carbons (Fsp3) is 1.00. The Hall–Kier alpha value is -0.120. The maximum Gasteiger partial charge on any atom is 0.0769 e. The van der Waals surface area contributed by atoms with Crippen LogP contribution < -0.4 is 11.2 Å². The minimum absolute atomic E-state index is 0.639. The first-order chi connectivity index (χ1) is 2.43. The largest absolute Gasteiger partial charge is 0.317 e. The van der Waals surface area contributed by atoms with Crippen LogP contribution in [0.25, 0.3) is 0 Å². The molecule has 0 aromatic rings. The van der Waals surface area contributed by atoms with Crippen molar-refractivity contribution in [3.05, 3.63) is 0 Å². The molecule has 1 aliphatic rings. The molecule has 1 unspecified atom stereocenters. The molecule has 3 N–H and O–H groups in total. The van der Waals surface area contributed by atoms with Crippen LogP contribution in [-0.2, 0) is 0 Å². The lowest BCUT2D eigenvalue weighted by Crippen LogP contribution is -2.11. The van der Waals surface area contributed by atoms with Crippen LogP contribution in [0, 0.1) is 0 Å². The van der Waals surface area contributed by atoms with E-state index in [1.54, 1.807) is 0 Å². The number of hydrogen-bond donors (Lipinski definition) is 2. The van der Waals surface area contributed by atoms with Crippen LogP contribution in [0.5, 0.6) is 0 Å². The number of nitrogens with one attached hydrogen (secondary N) is 1. The highest BCUT2D eigenvalue weighted by Crippen LogP contribution is 1.84. The average Bonchev–Trinajstić information content (AvgIpc) is 2.12. The summed E-state index contributed by atoms with van der Waals surface area (Å²) in [6.07, 6.45) is 0. The van der Waals surface area contributed by atoms with Crippen molar-refractivity contribution < 1.29 is 0 Å². The molecule has 0 bridgehead atoms. The van der Waals surface area contributed by atoms with Gasteiger partial charge in [-0.05, 0) is 0 Å². The quantitative estimate of drug-likeness (QED) is 0.378. The Kier molecular flexibility index (Phi) is 0.574. The highest BCUT2D eigenvalue weighted by molar-refractivity contribution is 4.53. The Balaban J connectivity index is 2.00. The molecule has 0 aromatic carbocycles. The molecule has 0 saturated carbocycles. The maximum absolute atomic E-state index is 5.10. The topological polar surface area (TPSA) is 51.0 Å². The molecule has 1 saturated heterocycles. The van der Waals surface area contributed by atoms with Crippen molar-refractivity contribution in [1.29, 1.82) is 0 Å². The molecule has 0 spiro atoms. The molecule has 0 amide bonds. The van der Waals surface area contributed by atoms with E-state index in [4.69, 9.17) is 5.73 Å². The summed E-state index contributed by atoms with van der Waals surface area (Å²) >= 11 is 0. The van der Waals surface area contributed by atoms with Gasteiger partial charge in [-0.2, -0.15) is 0 Å². The Morgan fingerprint density at radius 2 is 2.60 bits per heavy atom. The predicted octanol–water partition coefficient (Wildman–Crippen LogP) is -1.32. The zero-order valence-corrected chi connectivity index (χ0v) is 2.94. The number of nitrogens with two attached hydrogens (primary N) is 1. The van der Waals surface area contributed by atoms with Crippen LogP contribution in [-0.4, -0.2) is 18.3 Å². The van der Waals surface area contributed by atoms with Crippen molar-refractivity contribution in [3.8, 4) is 0 Å². The third-order valence-corrected chi connectivity index (χ3v) is 0.602. The van der Waals surface area contributed by atoms with Gasteiger partial charge in [-0.25, -0.2) is 10.4 Å². The summed E-state index contributed by atoms with van der Waals surface area (Å²) in [6.45, 7) is 1.61. The molecule has 1 aliphatic heterocycles. The van der Waals surface area contributed by atoms with E-state index in [1.807, 2.05) is 5.01 Å². The van der Waals surface area contributed by atoms with Gasteiger partial charge in [-0.3, -0.25) is 0 Å². The second-order valence-corrected chi connectivity index (χ2v) is 1.04. The van der Waals surface area contributed by atoms with Gasteiger partial charge >= 0.3 is 0 Å². The summed E-state index contributed by atoms with van der Waals surface area (Å²) in [7, 11) is 0. The standard InChI is InChI=1S/C2H7N3/c3-1-5-2-4-5/h4H,1-3H2. The highest BCUT2D eigenvalue weighted by atomic mass is 15.7. The molecule has 3 heteroatoms. The summed E-state index contributed by atoms with van der Waals surface area (Å²) in [6, 6.07) is 0. The SMILES string of the molecule is NCN1CN1. The van der Waals surface area contributed by atoms with E-state index in [9.17, 15) is 0 Å². The van der Waals surface area contributed by atoms with Gasteiger partial charge in [0, 0.05) is 0 Å². The monoisotopic (exact) mass is 73.1 g/mol. The van der Waals surface area contributed by atoms with Gasteiger partial charge in [0.1, 0.15) is 0 Å². The first-order valence-corrected chi connectivity index (χ1v) is 1.62. The summed E-state index contributed by atoms with van der Waals surface area (Å²) in [5, 5.41) is 1.90. The molecule has 0 aliphatic carbocycles. The molecule has 1 fully saturated rings. The average molecular weight is 73.1 g/mol. The van der Waals surface area contributed by atoms with E-state index in [0.717, 1.165) is 6.67 Å². The van der Waals surface area contributed by atoms with Crippen LogP contribution in [0.2, 0.25) is 0 Å². The van der Waals surface area contributed by atoms with Crippen LogP contribution in [0.15, 0.2) is 0 Å². The van der Waals surface area contributed by atoms with Crippen molar-refractivity contribution >= 4 is 0 Å². The van der Waals surface area contributed by atoms with Crippen molar-refractivity contribution in [2.75, 3.05) is 13.3 Å². The van der Waals surface area contributed by atoms with Gasteiger partial charge in [0.15, 0.2) is 0 Å². The van der Waals surface area contributed by atoms with E-state index in [0.29, 0.717) is 6.67 Å². The maximum atomic E-state index is 5.10. The summed E-state index contributed by atoms with van der Waals surface area (Å²) in [4.78, 5) is 0. The second-order valence-electron chi connectivity index (χ2n) is 1.04. The summed E-state index contributed by atoms with van der Waals surface area (Å²) in [5.74, 6) is 0. The molecule has 5 heavy (non-hydrogen) atoms. The number of nitrogens with zero attached hydrogens (tertiary/aromatic N) is 1. The van der Waals surface area contributed by atoms with E-state index in [2.05, 4.69) is 5.43 Å². The van der Waals surface area contributed by atoms with Gasteiger partial charge < -0.3 is 5.73 Å². The second kappa shape index (κ2) is 0.931. The Bertz CT molecular complexity index is 31.9. The predicted molar refractivity (Wildman–Crippen MR) is 18.9 cm³/mol. The third kappa shape index (κ3) is 0.576. The van der Waals surface area contributed by atoms with Gasteiger partial charge in [-0.1, -0.05) is 0 Å². The smallest absolute Gasteiger partial charge is 0.0769 e. The zero-order chi connectivity index (χ0) is 3.70. The number of hydrogen-bond acceptors (Lipinski definition) is 3. The lowest BCUT2D eigenvalue weighted by Gasteiger charge is -1.80. The molecular weight excluding hydrogens is 66.0 g/mol. The van der Waals surface area contributed by atoms with Crippen molar-refractivity contribution in [2.45, 2.75) is 0 Å². The molecule has 0 radical (unpaired) electrons. The van der Waals surface area contributed by atoms with Crippen molar-refractivity contribution in [1.82, 2.24) is 10.4 Å². The fourth-order valence-electron chi connectivity index (χ4n) is 0.179. The zero-order valence-electron chi connectivity index (χ0n) is 2.94. The summed E-state index contributed by atoms with van der Waals surface area (Å²) in [5.41, 5.74) is 7.99. The van der Waals surface area contributed by atoms with E-state index in [1.165, 1.54) is 0 Å². The summed E-state index contributed by atoms with van der Waals surface area (Å²) < 4.78 is 0. The minimum Gasteiger partial charge on any atom is -0.317 e. The van der Waals surface area contributed by atoms with Crippen LogP contribution >= 0.6 is 0 Å². The molecule has 1 rings (SSSR count). The lowest BCUT2D eigenvalue weighted by atomic mass is 11.1. The Morgan fingerprint density at radius 3 is 2.60 bits per heavy atom. The third-order valence-electron chi connectivity index (χ3n) is 0.602. The number of hydrazine groups is 1. The molecule has 30 valence electrons. The molecular formula is C2H7N3. The molecule has 1 atom stereocenters. The van der Waals surface area contributed by atoms with Crippen molar-refractivity contribution in [3.63, 3.8) is 0 Å². The van der Waals surface area contributed by atoms with Crippen LogP contribution in [0.4, 0.5) is 0 Å². The van der Waals surface area contributed by atoms with E-state index < -0.39 is 0 Å². The first kappa shape index (κ1) is 3.08. The van der Waals surface area contributed by atoms with Gasteiger partial charge in [0.2, 0.25) is 0 Å². The fourth-order valence-corrected chi connectivity index (χ4v) is 0.179. The van der Waals surface area contributed by atoms with E-state index in [-0.39, 0.29) is 0 Å². The van der Waals surface area contributed by atoms with Gasteiger partial charge in [-0.15, -0.1) is 0 Å². The van der Waals surface area contributed by atoms with Crippen LogP contribution in [0.1, 0.15) is 0 Å². The van der Waals surface area contributed by atoms with Gasteiger partial charge in [0.25, 0.3) is 0 Å². The lowest BCUT2D eigenvalue weighted by molar-refractivity contribution is 0.529. The molecule has 0 aromatic heterocycles. The van der Waals surface area contributed by atoms with Crippen molar-refractivity contribution in [2.24, 2.45) is 5.73 Å².